The molecule has 5 unspecified atom stereocenters. The van der Waals surface area contributed by atoms with Gasteiger partial charge in [-0.25, -0.2) is 0 Å². The Morgan fingerprint density at radius 3 is 2.65 bits per heavy atom. The van der Waals surface area contributed by atoms with E-state index in [0.29, 0.717) is 5.92 Å². The van der Waals surface area contributed by atoms with E-state index in [2.05, 4.69) is 17.1 Å². The number of ether oxygens (including phenoxy) is 1. The molecule has 0 bridgehead atoms. The molecule has 8 atom stereocenters. The molecule has 2 aliphatic rings. The lowest BCUT2D eigenvalue weighted by Crippen LogP contribution is -2.60. The Labute approximate surface area is 166 Å². The van der Waals surface area contributed by atoms with E-state index in [1.165, 1.54) is 11.8 Å². The summed E-state index contributed by atoms with van der Waals surface area (Å²) in [6.07, 6.45) is 2.93. The second-order valence-corrected chi connectivity index (χ2v) is 9.26. The number of alkyl halides is 1. The van der Waals surface area contributed by atoms with Gasteiger partial charge in [0.05, 0.1) is 29.7 Å². The highest BCUT2D eigenvalue weighted by atomic mass is 35.5. The monoisotopic (exact) mass is 408 g/mol. The number of carbonyl (C=O) groups excluding carboxylic acids is 1. The topological polar surface area (TPSA) is 82.0 Å². The third kappa shape index (κ3) is 5.26. The van der Waals surface area contributed by atoms with E-state index < -0.39 is 35.2 Å². The number of nitrogens with one attached hydrogen (secondary N) is 1. The Balaban J connectivity index is 2.04. The van der Waals surface area contributed by atoms with Crippen LogP contribution in [0.15, 0.2) is 0 Å². The Kier molecular flexibility index (Phi) is 8.50. The first kappa shape index (κ1) is 22.2. The smallest absolute Gasteiger partial charge is 0.237 e. The van der Waals surface area contributed by atoms with Crippen LogP contribution in [0.5, 0.6) is 0 Å². The minimum Gasteiger partial charge on any atom is -0.390 e. The lowest BCUT2D eigenvalue weighted by atomic mass is 9.94. The number of carbonyl (C=O) groups is 1. The Hall–Kier alpha value is -0.0500. The standard InChI is InChI=1S/C18H33ClN2O4S/c1-5-6-11-7-12(21(3)9-11)17(24)20-15(10(2)19)16-13(22)8-14(23)18(25-16)26-4/h10-16,18,22-23H,5-9H2,1-4H3,(H,20,24)/t10-,11-,12+,13?,14?,15?,16?,18?/m1/s1. The van der Waals surface area contributed by atoms with Crippen molar-refractivity contribution in [3.8, 4) is 0 Å². The zero-order valence-corrected chi connectivity index (χ0v) is 17.7. The average Bonchev–Trinajstić information content (AvgIpc) is 2.94. The molecule has 1 amide bonds. The second-order valence-electron chi connectivity index (χ2n) is 7.63. The number of aliphatic hydroxyl groups is 2. The number of likely N-dealkylation sites (tertiary alicyclic amines) is 1. The predicted octanol–water partition coefficient (Wildman–Crippen LogP) is 1.42. The van der Waals surface area contributed by atoms with E-state index >= 15 is 0 Å². The lowest BCUT2D eigenvalue weighted by molar-refractivity contribution is -0.152. The molecule has 2 aliphatic heterocycles. The summed E-state index contributed by atoms with van der Waals surface area (Å²) in [4.78, 5) is 15.0. The zero-order valence-electron chi connectivity index (χ0n) is 16.1. The third-order valence-corrected chi connectivity index (χ3v) is 6.65. The zero-order chi connectivity index (χ0) is 19.4. The van der Waals surface area contributed by atoms with Crippen molar-refractivity contribution in [2.45, 2.75) is 80.7 Å². The van der Waals surface area contributed by atoms with Crippen LogP contribution in [0.2, 0.25) is 0 Å². The number of thioether (sulfide) groups is 1. The van der Waals surface area contributed by atoms with Gasteiger partial charge in [-0.15, -0.1) is 23.4 Å². The fourth-order valence-electron chi connectivity index (χ4n) is 4.11. The molecule has 6 nitrogen and oxygen atoms in total. The maximum absolute atomic E-state index is 12.9. The van der Waals surface area contributed by atoms with Gasteiger partial charge in [-0.3, -0.25) is 9.69 Å². The number of likely N-dealkylation sites (N-methyl/N-ethyl adjacent to an activating group) is 1. The van der Waals surface area contributed by atoms with Gasteiger partial charge in [0, 0.05) is 13.0 Å². The summed E-state index contributed by atoms with van der Waals surface area (Å²) in [7, 11) is 1.98. The molecule has 0 aliphatic carbocycles. The molecule has 2 fully saturated rings. The van der Waals surface area contributed by atoms with E-state index in [1.54, 1.807) is 6.92 Å². The molecule has 0 aromatic carbocycles. The molecular weight excluding hydrogens is 376 g/mol. The molecule has 26 heavy (non-hydrogen) atoms. The maximum Gasteiger partial charge on any atom is 0.237 e. The number of rotatable bonds is 7. The van der Waals surface area contributed by atoms with Crippen LogP contribution in [0.4, 0.5) is 0 Å². The van der Waals surface area contributed by atoms with Crippen molar-refractivity contribution in [1.29, 1.82) is 0 Å². The average molecular weight is 409 g/mol. The molecule has 3 N–H and O–H groups in total. The van der Waals surface area contributed by atoms with Crippen molar-refractivity contribution in [2.24, 2.45) is 5.92 Å². The van der Waals surface area contributed by atoms with Gasteiger partial charge in [0.1, 0.15) is 11.5 Å². The minimum absolute atomic E-state index is 0.0637. The van der Waals surface area contributed by atoms with Gasteiger partial charge in [-0.05, 0) is 39.0 Å². The predicted molar refractivity (Wildman–Crippen MR) is 105 cm³/mol. The highest BCUT2D eigenvalue weighted by Gasteiger charge is 2.43. The first-order valence-electron chi connectivity index (χ1n) is 9.47. The van der Waals surface area contributed by atoms with Gasteiger partial charge in [0.25, 0.3) is 0 Å². The van der Waals surface area contributed by atoms with Crippen molar-refractivity contribution in [1.82, 2.24) is 10.2 Å². The van der Waals surface area contributed by atoms with E-state index in [-0.39, 0.29) is 18.4 Å². The van der Waals surface area contributed by atoms with Gasteiger partial charge in [0.15, 0.2) is 0 Å². The largest absolute Gasteiger partial charge is 0.390 e. The number of aliphatic hydroxyl groups excluding tert-OH is 2. The van der Waals surface area contributed by atoms with Crippen LogP contribution in [-0.2, 0) is 9.53 Å². The quantitative estimate of drug-likeness (QED) is 0.553. The molecule has 0 spiro atoms. The van der Waals surface area contributed by atoms with Crippen LogP contribution in [0.3, 0.4) is 0 Å². The first-order chi connectivity index (χ1) is 12.3. The molecule has 0 saturated carbocycles. The van der Waals surface area contributed by atoms with Gasteiger partial charge in [0.2, 0.25) is 5.91 Å². The number of hydrogen-bond donors (Lipinski definition) is 3. The van der Waals surface area contributed by atoms with E-state index in [0.717, 1.165) is 25.8 Å². The molecule has 0 aromatic rings. The van der Waals surface area contributed by atoms with Gasteiger partial charge in [-0.1, -0.05) is 13.3 Å². The molecule has 0 aromatic heterocycles. The van der Waals surface area contributed by atoms with Crippen molar-refractivity contribution in [3.63, 3.8) is 0 Å². The first-order valence-corrected chi connectivity index (χ1v) is 11.2. The van der Waals surface area contributed by atoms with E-state index in [1.807, 2.05) is 13.3 Å². The second kappa shape index (κ2) is 9.94. The molecular formula is C18H33ClN2O4S. The molecule has 2 saturated heterocycles. The van der Waals surface area contributed by atoms with Crippen molar-refractivity contribution in [3.05, 3.63) is 0 Å². The Morgan fingerprint density at radius 1 is 1.38 bits per heavy atom. The fraction of sp³-hybridized carbons (Fsp3) is 0.944. The summed E-state index contributed by atoms with van der Waals surface area (Å²) in [5, 5.41) is 23.0. The minimum atomic E-state index is -0.867. The van der Waals surface area contributed by atoms with Crippen LogP contribution < -0.4 is 5.32 Å². The van der Waals surface area contributed by atoms with Crippen molar-refractivity contribution < 1.29 is 19.7 Å². The van der Waals surface area contributed by atoms with Crippen molar-refractivity contribution >= 4 is 29.3 Å². The molecule has 2 heterocycles. The normalized spacial score (nSPS) is 38.1. The summed E-state index contributed by atoms with van der Waals surface area (Å²) in [5.74, 6) is 0.478. The van der Waals surface area contributed by atoms with Gasteiger partial charge >= 0.3 is 0 Å². The summed E-state index contributed by atoms with van der Waals surface area (Å²) in [6.45, 7) is 4.88. The molecule has 2 rings (SSSR count). The van der Waals surface area contributed by atoms with Crippen LogP contribution in [-0.4, -0.2) is 82.1 Å². The lowest BCUT2D eigenvalue weighted by Gasteiger charge is -2.41. The highest BCUT2D eigenvalue weighted by molar-refractivity contribution is 7.99. The number of halogens is 1. The summed E-state index contributed by atoms with van der Waals surface area (Å²) >= 11 is 7.74. The van der Waals surface area contributed by atoms with Crippen molar-refractivity contribution in [2.75, 3.05) is 19.8 Å². The molecule has 8 heteroatoms. The summed E-state index contributed by atoms with van der Waals surface area (Å²) in [5.41, 5.74) is -0.429. The van der Waals surface area contributed by atoms with Gasteiger partial charge < -0.3 is 20.3 Å². The van der Waals surface area contributed by atoms with Crippen LogP contribution in [0, 0.1) is 5.92 Å². The summed E-state index contributed by atoms with van der Waals surface area (Å²) in [6, 6.07) is -0.688. The Bertz CT molecular complexity index is 470. The number of amides is 1. The number of nitrogens with zero attached hydrogens (tertiary/aromatic N) is 1. The Morgan fingerprint density at radius 2 is 2.08 bits per heavy atom. The third-order valence-electron chi connectivity index (χ3n) is 5.49. The summed E-state index contributed by atoms with van der Waals surface area (Å²) < 4.78 is 5.88. The SMILES string of the molecule is CCC[C@@H]1C[C@@H](C(=O)NC(C2OC(SC)C(O)CC2O)[C@@H](C)Cl)N(C)C1. The van der Waals surface area contributed by atoms with Crippen LogP contribution >= 0.6 is 23.4 Å². The maximum atomic E-state index is 12.9. The molecule has 152 valence electrons. The fourth-order valence-corrected chi connectivity index (χ4v) is 4.98. The van der Waals surface area contributed by atoms with Crippen LogP contribution in [0.1, 0.15) is 39.5 Å². The van der Waals surface area contributed by atoms with E-state index in [9.17, 15) is 15.0 Å². The van der Waals surface area contributed by atoms with E-state index in [4.69, 9.17) is 16.3 Å². The molecule has 0 radical (unpaired) electrons. The van der Waals surface area contributed by atoms with Crippen LogP contribution in [0.25, 0.3) is 0 Å². The van der Waals surface area contributed by atoms with Gasteiger partial charge in [-0.2, -0.15) is 0 Å². The highest BCUT2D eigenvalue weighted by Crippen LogP contribution is 2.30. The number of hydrogen-bond acceptors (Lipinski definition) is 6.